The summed E-state index contributed by atoms with van der Waals surface area (Å²) in [5, 5.41) is 16.6. The minimum atomic E-state index is -0.734. The molecule has 18 heavy (non-hydrogen) atoms. The van der Waals surface area contributed by atoms with Gasteiger partial charge in [0.05, 0.1) is 11.6 Å². The third-order valence-corrected chi connectivity index (χ3v) is 3.44. The first kappa shape index (κ1) is 14.4. The summed E-state index contributed by atoms with van der Waals surface area (Å²) in [5.41, 5.74) is 0.343. The summed E-state index contributed by atoms with van der Waals surface area (Å²) in [7, 11) is 0. The summed E-state index contributed by atoms with van der Waals surface area (Å²) in [5.74, 6) is -0.734. The maximum absolute atomic E-state index is 11.3. The van der Waals surface area contributed by atoms with Crippen LogP contribution in [-0.2, 0) is 11.3 Å². The van der Waals surface area contributed by atoms with Gasteiger partial charge in [-0.2, -0.15) is 5.10 Å². The average Bonchev–Trinajstić information content (AvgIpc) is 2.82. The molecule has 0 atom stereocenters. The van der Waals surface area contributed by atoms with E-state index >= 15 is 0 Å². The van der Waals surface area contributed by atoms with Crippen LogP contribution in [0.4, 0.5) is 0 Å². The summed E-state index contributed by atoms with van der Waals surface area (Å²) in [6.07, 6.45) is 6.47. The van der Waals surface area contributed by atoms with E-state index in [0.717, 1.165) is 5.56 Å². The molecule has 100 valence electrons. The number of nitrogens with one attached hydrogen (secondary N) is 1. The molecule has 2 N–H and O–H groups in total. The van der Waals surface area contributed by atoms with Crippen molar-refractivity contribution in [1.82, 2.24) is 15.1 Å². The Balaban J connectivity index is 2.53. The summed E-state index contributed by atoms with van der Waals surface area (Å²) < 4.78 is 1.63. The minimum absolute atomic E-state index is 0.467. The first-order valence-corrected chi connectivity index (χ1v) is 6.17. The van der Waals surface area contributed by atoms with Crippen molar-refractivity contribution in [2.45, 2.75) is 33.2 Å². The molecule has 0 amide bonds. The molecule has 0 saturated heterocycles. The standard InChI is InChI=1S/C13H21N3O2/c1-4-13(5-2,12(17)18)10-14-7-11-8-15-16(6-3)9-11/h6,8-9,14H,3-5,7,10H2,1-2H3,(H,17,18). The van der Waals surface area contributed by atoms with Gasteiger partial charge in [-0.05, 0) is 12.8 Å². The monoisotopic (exact) mass is 251 g/mol. The number of nitrogens with zero attached hydrogens (tertiary/aromatic N) is 2. The molecule has 0 saturated carbocycles. The number of hydrogen-bond acceptors (Lipinski definition) is 3. The Morgan fingerprint density at radius 2 is 2.28 bits per heavy atom. The lowest BCUT2D eigenvalue weighted by molar-refractivity contribution is -0.149. The molecule has 0 aliphatic carbocycles. The van der Waals surface area contributed by atoms with E-state index in [4.69, 9.17) is 0 Å². The van der Waals surface area contributed by atoms with Gasteiger partial charge in [0.15, 0.2) is 0 Å². The molecule has 0 aliphatic rings. The van der Waals surface area contributed by atoms with Crippen LogP contribution in [0.5, 0.6) is 0 Å². The van der Waals surface area contributed by atoms with Crippen LogP contribution in [0.3, 0.4) is 0 Å². The third-order valence-electron chi connectivity index (χ3n) is 3.44. The third kappa shape index (κ3) is 3.20. The van der Waals surface area contributed by atoms with E-state index in [0.29, 0.717) is 25.9 Å². The smallest absolute Gasteiger partial charge is 0.310 e. The molecule has 0 bridgehead atoms. The first-order chi connectivity index (χ1) is 8.57. The average molecular weight is 251 g/mol. The second-order valence-electron chi connectivity index (χ2n) is 4.41. The normalized spacial score (nSPS) is 11.4. The van der Waals surface area contributed by atoms with Crippen LogP contribution >= 0.6 is 0 Å². The molecule has 1 aromatic rings. The molecule has 0 aliphatic heterocycles. The number of aliphatic carboxylic acids is 1. The molecule has 5 nitrogen and oxygen atoms in total. The Labute approximate surface area is 108 Å². The fourth-order valence-corrected chi connectivity index (χ4v) is 1.89. The molecule has 0 spiro atoms. The Kier molecular flexibility index (Phi) is 5.09. The van der Waals surface area contributed by atoms with Crippen LogP contribution in [0.15, 0.2) is 19.0 Å². The highest BCUT2D eigenvalue weighted by Crippen LogP contribution is 2.25. The quantitative estimate of drug-likeness (QED) is 0.741. The largest absolute Gasteiger partial charge is 0.481 e. The highest BCUT2D eigenvalue weighted by molar-refractivity contribution is 5.74. The minimum Gasteiger partial charge on any atom is -0.481 e. The van der Waals surface area contributed by atoms with E-state index in [9.17, 15) is 9.90 Å². The summed E-state index contributed by atoms with van der Waals surface area (Å²) in [6, 6.07) is 0. The lowest BCUT2D eigenvalue weighted by Gasteiger charge is -2.26. The van der Waals surface area contributed by atoms with Gasteiger partial charge in [-0.3, -0.25) is 4.79 Å². The molecule has 0 radical (unpaired) electrons. The van der Waals surface area contributed by atoms with Gasteiger partial charge in [-0.1, -0.05) is 20.4 Å². The molecule has 1 aromatic heterocycles. The molecule has 5 heteroatoms. The van der Waals surface area contributed by atoms with Crippen molar-refractivity contribution >= 4 is 12.2 Å². The van der Waals surface area contributed by atoms with Gasteiger partial charge >= 0.3 is 5.97 Å². The number of carboxylic acids is 1. The van der Waals surface area contributed by atoms with Gasteiger partial charge in [-0.25, -0.2) is 4.68 Å². The van der Waals surface area contributed by atoms with Crippen molar-refractivity contribution in [3.8, 4) is 0 Å². The zero-order valence-corrected chi connectivity index (χ0v) is 11.0. The summed E-state index contributed by atoms with van der Waals surface area (Å²) in [6.45, 7) is 8.52. The van der Waals surface area contributed by atoms with Gasteiger partial charge < -0.3 is 10.4 Å². The SMILES string of the molecule is C=Cn1cc(CNCC(CC)(CC)C(=O)O)cn1. The summed E-state index contributed by atoms with van der Waals surface area (Å²) in [4.78, 5) is 11.3. The van der Waals surface area contributed by atoms with Gasteiger partial charge in [0, 0.05) is 31.0 Å². The van der Waals surface area contributed by atoms with Crippen molar-refractivity contribution in [3.63, 3.8) is 0 Å². The number of rotatable bonds is 8. The molecule has 1 rings (SSSR count). The van der Waals surface area contributed by atoms with Gasteiger partial charge in [-0.15, -0.1) is 0 Å². The first-order valence-electron chi connectivity index (χ1n) is 6.17. The molecule has 0 aromatic carbocycles. The van der Waals surface area contributed by atoms with E-state index in [2.05, 4.69) is 17.0 Å². The van der Waals surface area contributed by atoms with E-state index < -0.39 is 11.4 Å². The lowest BCUT2D eigenvalue weighted by atomic mass is 9.82. The predicted molar refractivity (Wildman–Crippen MR) is 71.0 cm³/mol. The number of aromatic nitrogens is 2. The fourth-order valence-electron chi connectivity index (χ4n) is 1.89. The highest BCUT2D eigenvalue weighted by atomic mass is 16.4. The zero-order valence-electron chi connectivity index (χ0n) is 11.0. The topological polar surface area (TPSA) is 67.2 Å². The zero-order chi connectivity index (χ0) is 13.6. The van der Waals surface area contributed by atoms with E-state index in [1.807, 2.05) is 20.0 Å². The Morgan fingerprint density at radius 1 is 1.61 bits per heavy atom. The van der Waals surface area contributed by atoms with E-state index in [1.165, 1.54) is 0 Å². The van der Waals surface area contributed by atoms with Crippen LogP contribution in [0, 0.1) is 5.41 Å². The Morgan fingerprint density at radius 3 is 2.72 bits per heavy atom. The molecule has 1 heterocycles. The van der Waals surface area contributed by atoms with Gasteiger partial charge in [0.25, 0.3) is 0 Å². The second kappa shape index (κ2) is 6.35. The van der Waals surface area contributed by atoms with Gasteiger partial charge in [0.2, 0.25) is 0 Å². The second-order valence-corrected chi connectivity index (χ2v) is 4.41. The van der Waals surface area contributed by atoms with Crippen LogP contribution in [0.1, 0.15) is 32.3 Å². The van der Waals surface area contributed by atoms with Crippen LogP contribution < -0.4 is 5.32 Å². The Hall–Kier alpha value is -1.62. The molecule has 0 unspecified atom stereocenters. The van der Waals surface area contributed by atoms with Crippen molar-refractivity contribution < 1.29 is 9.90 Å². The van der Waals surface area contributed by atoms with Crippen LogP contribution in [0.2, 0.25) is 0 Å². The Bertz CT molecular complexity index is 408. The molecular weight excluding hydrogens is 230 g/mol. The molecular formula is C13H21N3O2. The maximum atomic E-state index is 11.3. The van der Waals surface area contributed by atoms with Crippen molar-refractivity contribution in [2.75, 3.05) is 6.54 Å². The van der Waals surface area contributed by atoms with E-state index in [1.54, 1.807) is 17.1 Å². The van der Waals surface area contributed by atoms with Crippen molar-refractivity contribution in [2.24, 2.45) is 5.41 Å². The number of carboxylic acid groups (broad SMARTS) is 1. The fraction of sp³-hybridized carbons (Fsp3) is 0.538. The number of carbonyl (C=O) groups is 1. The van der Waals surface area contributed by atoms with Crippen molar-refractivity contribution in [3.05, 3.63) is 24.5 Å². The predicted octanol–water partition coefficient (Wildman–Crippen LogP) is 1.96. The lowest BCUT2D eigenvalue weighted by Crippen LogP contribution is -2.39. The summed E-state index contributed by atoms with van der Waals surface area (Å²) >= 11 is 0. The maximum Gasteiger partial charge on any atom is 0.310 e. The molecule has 0 fully saturated rings. The van der Waals surface area contributed by atoms with Crippen LogP contribution in [-0.4, -0.2) is 27.4 Å². The number of hydrogen-bond donors (Lipinski definition) is 2. The highest BCUT2D eigenvalue weighted by Gasteiger charge is 2.34. The van der Waals surface area contributed by atoms with E-state index in [-0.39, 0.29) is 0 Å². The van der Waals surface area contributed by atoms with Gasteiger partial charge in [0.1, 0.15) is 0 Å². The van der Waals surface area contributed by atoms with Crippen molar-refractivity contribution in [1.29, 1.82) is 0 Å². The van der Waals surface area contributed by atoms with Crippen LogP contribution in [0.25, 0.3) is 6.20 Å².